The number of β-lactam (4-membered cyclic amide) rings is 1. The van der Waals surface area contributed by atoms with Crippen molar-refractivity contribution in [1.82, 2.24) is 9.88 Å². The number of fused-ring (bicyclic) bond motifs is 1. The highest BCUT2D eigenvalue weighted by molar-refractivity contribution is 8.04. The number of thiocarbonyl (C=S) groups is 1. The molecule has 0 aliphatic carbocycles. The first kappa shape index (κ1) is 29.4. The standard InChI is InChI=1S/C28H35N3O5S2Si/c1-18(36-39(5,6)28(2,3)4)23-25(32)30-24(22(38-26(23)30)15-12-20-9-7-8-16-29-20)27(37)35-17-19-10-13-21(14-11-19)31(33)34/h7-11,13-14,16,18,23,26H,12,15,17H2,1-6H3/t18-,23+,26+/m0/s1. The summed E-state index contributed by atoms with van der Waals surface area (Å²) in [6.07, 6.45) is 2.96. The molecule has 1 fully saturated rings. The number of pyridine rings is 1. The van der Waals surface area contributed by atoms with Crippen LogP contribution in [-0.4, -0.2) is 45.6 Å². The van der Waals surface area contributed by atoms with Crippen LogP contribution in [0.3, 0.4) is 0 Å². The number of amides is 1. The lowest BCUT2D eigenvalue weighted by Crippen LogP contribution is -2.62. The van der Waals surface area contributed by atoms with Gasteiger partial charge >= 0.3 is 0 Å². The molecule has 0 spiro atoms. The van der Waals surface area contributed by atoms with Crippen LogP contribution in [-0.2, 0) is 27.0 Å². The van der Waals surface area contributed by atoms with E-state index in [2.05, 4.69) is 38.8 Å². The lowest BCUT2D eigenvalue weighted by atomic mass is 9.92. The highest BCUT2D eigenvalue weighted by Crippen LogP contribution is 2.53. The number of benzene rings is 1. The fraction of sp³-hybridized carbons (Fsp3) is 0.464. The normalized spacial score (nSPS) is 19.9. The van der Waals surface area contributed by atoms with Crippen LogP contribution in [0.25, 0.3) is 0 Å². The van der Waals surface area contributed by atoms with E-state index in [1.165, 1.54) is 12.1 Å². The number of ether oxygens (including phenoxy) is 1. The first-order valence-electron chi connectivity index (χ1n) is 13.0. The van der Waals surface area contributed by atoms with E-state index in [0.717, 1.165) is 16.2 Å². The summed E-state index contributed by atoms with van der Waals surface area (Å²) in [7, 11) is -2.06. The van der Waals surface area contributed by atoms with E-state index in [4.69, 9.17) is 21.4 Å². The Kier molecular flexibility index (Phi) is 8.65. The van der Waals surface area contributed by atoms with Crippen molar-refractivity contribution in [2.75, 3.05) is 0 Å². The van der Waals surface area contributed by atoms with Gasteiger partial charge in [-0.25, -0.2) is 0 Å². The maximum Gasteiger partial charge on any atom is 0.269 e. The molecule has 2 aliphatic rings. The topological polar surface area (TPSA) is 94.8 Å². The molecular formula is C28H35N3O5S2Si. The van der Waals surface area contributed by atoms with Gasteiger partial charge in [0.15, 0.2) is 8.32 Å². The molecule has 3 heterocycles. The number of aromatic nitrogens is 1. The molecule has 0 unspecified atom stereocenters. The molecule has 1 amide bonds. The molecule has 39 heavy (non-hydrogen) atoms. The quantitative estimate of drug-likeness (QED) is 0.101. The molecule has 0 bridgehead atoms. The predicted octanol–water partition coefficient (Wildman–Crippen LogP) is 6.62. The van der Waals surface area contributed by atoms with Crippen molar-refractivity contribution < 1.29 is 18.9 Å². The van der Waals surface area contributed by atoms with Gasteiger partial charge in [0.05, 0.1) is 16.9 Å². The van der Waals surface area contributed by atoms with Crippen molar-refractivity contribution in [3.05, 3.63) is 80.6 Å². The molecular weight excluding hydrogens is 551 g/mol. The molecule has 8 nitrogen and oxygen atoms in total. The van der Waals surface area contributed by atoms with E-state index in [0.29, 0.717) is 18.5 Å². The van der Waals surface area contributed by atoms with Crippen LogP contribution in [0.4, 0.5) is 5.69 Å². The van der Waals surface area contributed by atoms with Gasteiger partial charge in [-0.15, -0.1) is 11.8 Å². The Balaban J connectivity index is 1.51. The third-order valence-corrected chi connectivity index (χ3v) is 14.0. The fourth-order valence-corrected chi connectivity index (χ4v) is 7.83. The molecule has 0 radical (unpaired) electrons. The third-order valence-electron chi connectivity index (χ3n) is 7.69. The summed E-state index contributed by atoms with van der Waals surface area (Å²) >= 11 is 7.38. The zero-order valence-corrected chi connectivity index (χ0v) is 25.8. The lowest BCUT2D eigenvalue weighted by molar-refractivity contribution is -0.384. The molecule has 1 aromatic heterocycles. The smallest absolute Gasteiger partial charge is 0.269 e. The van der Waals surface area contributed by atoms with Crippen LogP contribution in [0.15, 0.2) is 59.3 Å². The number of allylic oxidation sites excluding steroid dienone is 1. The van der Waals surface area contributed by atoms with Gasteiger partial charge in [0, 0.05) is 28.9 Å². The van der Waals surface area contributed by atoms with Crippen molar-refractivity contribution in [2.45, 2.75) is 76.8 Å². The molecule has 3 atom stereocenters. The molecule has 208 valence electrons. The second-order valence-corrected chi connectivity index (χ2v) is 17.8. The first-order valence-corrected chi connectivity index (χ1v) is 17.2. The Morgan fingerprint density at radius 3 is 2.49 bits per heavy atom. The Morgan fingerprint density at radius 1 is 1.21 bits per heavy atom. The summed E-state index contributed by atoms with van der Waals surface area (Å²) < 4.78 is 12.6. The lowest BCUT2D eigenvalue weighted by Gasteiger charge is -2.48. The number of hydrogen-bond donors (Lipinski definition) is 0. The predicted molar refractivity (Wildman–Crippen MR) is 160 cm³/mol. The Hall–Kier alpha value is -2.60. The van der Waals surface area contributed by atoms with Crippen LogP contribution < -0.4 is 0 Å². The number of nitrogens with zero attached hydrogens (tertiary/aromatic N) is 3. The van der Waals surface area contributed by atoms with Crippen LogP contribution in [0, 0.1) is 16.0 Å². The van der Waals surface area contributed by atoms with E-state index in [1.54, 1.807) is 35.0 Å². The average Bonchev–Trinajstić information content (AvgIpc) is 3.20. The molecule has 1 aromatic carbocycles. The summed E-state index contributed by atoms with van der Waals surface area (Å²) in [5.74, 6) is -0.258. The number of hydrogen-bond acceptors (Lipinski definition) is 8. The van der Waals surface area contributed by atoms with Crippen molar-refractivity contribution in [1.29, 1.82) is 0 Å². The number of rotatable bonds is 10. The highest BCUT2D eigenvalue weighted by atomic mass is 32.2. The van der Waals surface area contributed by atoms with Crippen molar-refractivity contribution >= 4 is 48.9 Å². The molecule has 11 heteroatoms. The number of non-ortho nitro benzene ring substituents is 1. The first-order chi connectivity index (χ1) is 18.3. The molecule has 0 saturated carbocycles. The number of carbonyl (C=O) groups is 1. The number of thioether (sulfide) groups is 1. The largest absolute Gasteiger partial charge is 0.477 e. The van der Waals surface area contributed by atoms with Crippen molar-refractivity contribution in [2.24, 2.45) is 5.92 Å². The van der Waals surface area contributed by atoms with Gasteiger partial charge in [-0.05, 0) is 79.9 Å². The summed E-state index contributed by atoms with van der Waals surface area (Å²) in [5.41, 5.74) is 2.39. The number of aryl methyl sites for hydroxylation is 1. The van der Waals surface area contributed by atoms with Gasteiger partial charge in [-0.3, -0.25) is 24.8 Å². The van der Waals surface area contributed by atoms with E-state index < -0.39 is 13.2 Å². The SMILES string of the molecule is C[C@H](O[Si](C)(C)C(C)(C)C)[C@@H]1C(=O)N2C(C(=S)OCc3ccc([N+](=O)[O-])cc3)=C(CCc3ccccn3)S[C@H]12. The molecule has 2 aromatic rings. The highest BCUT2D eigenvalue weighted by Gasteiger charge is 2.58. The Morgan fingerprint density at radius 2 is 1.90 bits per heavy atom. The summed E-state index contributed by atoms with van der Waals surface area (Å²) in [6, 6.07) is 12.0. The van der Waals surface area contributed by atoms with Gasteiger partial charge in [0.1, 0.15) is 17.7 Å². The van der Waals surface area contributed by atoms with E-state index in [-0.39, 0.29) is 45.7 Å². The maximum atomic E-state index is 13.6. The Labute approximate surface area is 240 Å². The van der Waals surface area contributed by atoms with Crippen LogP contribution in [0.1, 0.15) is 45.4 Å². The fourth-order valence-electron chi connectivity index (χ4n) is 4.44. The number of carbonyl (C=O) groups excluding carboxylic acids is 1. The molecule has 2 aliphatic heterocycles. The Bertz CT molecular complexity index is 1280. The second-order valence-electron chi connectivity index (χ2n) is 11.4. The summed E-state index contributed by atoms with van der Waals surface area (Å²) in [6.45, 7) is 13.2. The van der Waals surface area contributed by atoms with E-state index in [1.807, 2.05) is 25.1 Å². The van der Waals surface area contributed by atoms with Crippen molar-refractivity contribution in [3.63, 3.8) is 0 Å². The van der Waals surface area contributed by atoms with Crippen molar-refractivity contribution in [3.8, 4) is 0 Å². The minimum atomic E-state index is -2.06. The van der Waals surface area contributed by atoms with E-state index >= 15 is 0 Å². The number of nitro benzene ring substituents is 1. The summed E-state index contributed by atoms with van der Waals surface area (Å²) in [4.78, 5) is 31.3. The van der Waals surface area contributed by atoms with E-state index in [9.17, 15) is 14.9 Å². The monoisotopic (exact) mass is 585 g/mol. The number of nitro groups is 1. The van der Waals surface area contributed by atoms with Gasteiger partial charge in [0.2, 0.25) is 11.0 Å². The van der Waals surface area contributed by atoms with Gasteiger partial charge in [0.25, 0.3) is 5.69 Å². The zero-order chi connectivity index (χ0) is 28.5. The van der Waals surface area contributed by atoms with Crippen LogP contribution >= 0.6 is 24.0 Å². The minimum absolute atomic E-state index is 0.00262. The van der Waals surface area contributed by atoms with Gasteiger partial charge < -0.3 is 9.16 Å². The maximum absolute atomic E-state index is 13.6. The van der Waals surface area contributed by atoms with Crippen LogP contribution in [0.5, 0.6) is 0 Å². The molecule has 1 saturated heterocycles. The van der Waals surface area contributed by atoms with Gasteiger partial charge in [-0.2, -0.15) is 0 Å². The van der Waals surface area contributed by atoms with Crippen LogP contribution in [0.2, 0.25) is 18.1 Å². The zero-order valence-electron chi connectivity index (χ0n) is 23.2. The molecule has 4 rings (SSSR count). The summed E-state index contributed by atoms with van der Waals surface area (Å²) in [5, 5.41) is 11.2. The van der Waals surface area contributed by atoms with Gasteiger partial charge in [-0.1, -0.05) is 26.8 Å². The third kappa shape index (κ3) is 6.26. The second kappa shape index (κ2) is 11.5. The average molecular weight is 586 g/mol. The minimum Gasteiger partial charge on any atom is -0.477 e. The molecule has 0 N–H and O–H groups in total.